The van der Waals surface area contributed by atoms with Crippen molar-refractivity contribution in [3.8, 4) is 0 Å². The van der Waals surface area contributed by atoms with Gasteiger partial charge in [0.1, 0.15) is 16.6 Å². The van der Waals surface area contributed by atoms with Crippen molar-refractivity contribution in [1.82, 2.24) is 9.34 Å². The minimum absolute atomic E-state index is 0.268. The van der Waals surface area contributed by atoms with Gasteiger partial charge in [0.2, 0.25) is 0 Å². The quantitative estimate of drug-likeness (QED) is 0.462. The summed E-state index contributed by atoms with van der Waals surface area (Å²) in [6.45, 7) is 21.5. The summed E-state index contributed by atoms with van der Waals surface area (Å²) in [4.78, 5) is 0. The zero-order valence-electron chi connectivity index (χ0n) is 15.3. The maximum atomic E-state index is 6.25. The molecular weight excluding hydrogens is 302 g/mol. The summed E-state index contributed by atoms with van der Waals surface area (Å²) in [6.07, 6.45) is 0.536. The van der Waals surface area contributed by atoms with E-state index in [1.54, 1.807) is 0 Å². The first kappa shape index (κ1) is 21.7. The highest BCUT2D eigenvalue weighted by molar-refractivity contribution is 7.67. The average molecular weight is 338 g/mol. The SMILES string of the molecule is CCN(CC)P(CP(OC(C)C)N(CC)CC)OC(C)C. The minimum atomic E-state index is -0.582. The molecule has 0 amide bonds. The third-order valence-electron chi connectivity index (χ3n) is 3.00. The van der Waals surface area contributed by atoms with Gasteiger partial charge in [-0.3, -0.25) is 9.34 Å². The summed E-state index contributed by atoms with van der Waals surface area (Å²) in [5.74, 6) is 1.02. The molecular formula is C15H36N2O2P2. The Bertz CT molecular complexity index is 224. The first-order valence-corrected chi connectivity index (χ1v) is 11.1. The van der Waals surface area contributed by atoms with E-state index in [-0.39, 0.29) is 12.2 Å². The van der Waals surface area contributed by atoms with E-state index in [0.29, 0.717) is 0 Å². The van der Waals surface area contributed by atoms with Gasteiger partial charge >= 0.3 is 0 Å². The van der Waals surface area contributed by atoms with Crippen LogP contribution in [-0.2, 0) is 9.05 Å². The number of rotatable bonds is 12. The van der Waals surface area contributed by atoms with Crippen molar-refractivity contribution in [3.63, 3.8) is 0 Å². The topological polar surface area (TPSA) is 24.9 Å². The van der Waals surface area contributed by atoms with Crippen molar-refractivity contribution < 1.29 is 9.05 Å². The Hall–Kier alpha value is 0.700. The molecule has 0 N–H and O–H groups in total. The number of hydrogen-bond donors (Lipinski definition) is 0. The van der Waals surface area contributed by atoms with Crippen LogP contribution in [0, 0.1) is 0 Å². The first-order valence-electron chi connectivity index (χ1n) is 8.27. The Morgan fingerprint density at radius 1 is 0.667 bits per heavy atom. The molecule has 0 saturated carbocycles. The molecule has 0 bridgehead atoms. The van der Waals surface area contributed by atoms with E-state index in [0.717, 1.165) is 32.1 Å². The Balaban J connectivity index is 4.98. The highest BCUT2D eigenvalue weighted by Crippen LogP contribution is 2.56. The Morgan fingerprint density at radius 2 is 0.952 bits per heavy atom. The highest BCUT2D eigenvalue weighted by Gasteiger charge is 2.27. The van der Waals surface area contributed by atoms with Gasteiger partial charge < -0.3 is 9.05 Å². The van der Waals surface area contributed by atoms with Crippen LogP contribution in [0.25, 0.3) is 0 Å². The molecule has 0 aliphatic heterocycles. The van der Waals surface area contributed by atoms with Gasteiger partial charge in [0.25, 0.3) is 0 Å². The average Bonchev–Trinajstić information content (AvgIpc) is 2.39. The lowest BCUT2D eigenvalue weighted by Crippen LogP contribution is -2.25. The smallest absolute Gasteiger partial charge is 0.112 e. The van der Waals surface area contributed by atoms with E-state index in [9.17, 15) is 0 Å². The van der Waals surface area contributed by atoms with Gasteiger partial charge in [-0.05, 0) is 27.7 Å². The fourth-order valence-corrected chi connectivity index (χ4v) is 7.34. The molecule has 21 heavy (non-hydrogen) atoms. The fraction of sp³-hybridized carbons (Fsp3) is 1.00. The molecule has 0 aliphatic carbocycles. The molecule has 0 aromatic carbocycles. The van der Waals surface area contributed by atoms with Crippen molar-refractivity contribution in [2.75, 3.05) is 32.1 Å². The van der Waals surface area contributed by atoms with Gasteiger partial charge in [-0.2, -0.15) is 0 Å². The second kappa shape index (κ2) is 12.2. The zero-order chi connectivity index (χ0) is 16.4. The lowest BCUT2D eigenvalue weighted by molar-refractivity contribution is 0.236. The Morgan fingerprint density at radius 3 is 1.14 bits per heavy atom. The minimum Gasteiger partial charge on any atom is -0.340 e. The number of nitrogens with zero attached hydrogens (tertiary/aromatic N) is 2. The monoisotopic (exact) mass is 338 g/mol. The summed E-state index contributed by atoms with van der Waals surface area (Å²) in [5, 5.41) is 0. The van der Waals surface area contributed by atoms with Gasteiger partial charge in [0.15, 0.2) is 0 Å². The lowest BCUT2D eigenvalue weighted by atomic mass is 10.5. The third kappa shape index (κ3) is 8.79. The van der Waals surface area contributed by atoms with Crippen LogP contribution in [0.1, 0.15) is 55.4 Å². The normalized spacial score (nSPS) is 15.4. The van der Waals surface area contributed by atoms with E-state index in [1.807, 2.05) is 0 Å². The lowest BCUT2D eigenvalue weighted by Gasteiger charge is -2.36. The highest BCUT2D eigenvalue weighted by atomic mass is 31.2. The molecule has 2 atom stereocenters. The summed E-state index contributed by atoms with van der Waals surface area (Å²) in [7, 11) is -1.16. The molecule has 0 spiro atoms. The molecule has 6 heteroatoms. The summed E-state index contributed by atoms with van der Waals surface area (Å²) in [5.41, 5.74) is 0. The van der Waals surface area contributed by atoms with E-state index >= 15 is 0 Å². The molecule has 0 aliphatic rings. The standard InChI is InChI=1S/C15H36N2O2P2/c1-9-16(10-2)20(18-14(5)6)13-21(19-15(7)8)17(11-3)12-4/h14-15H,9-13H2,1-8H3. The van der Waals surface area contributed by atoms with Crippen molar-refractivity contribution >= 4 is 16.6 Å². The van der Waals surface area contributed by atoms with Gasteiger partial charge in [0.05, 0.1) is 18.1 Å². The van der Waals surface area contributed by atoms with Crippen LogP contribution >= 0.6 is 16.6 Å². The molecule has 0 aromatic rings. The van der Waals surface area contributed by atoms with Crippen LogP contribution in [0.5, 0.6) is 0 Å². The van der Waals surface area contributed by atoms with E-state index < -0.39 is 16.6 Å². The maximum absolute atomic E-state index is 6.25. The van der Waals surface area contributed by atoms with E-state index in [2.05, 4.69) is 64.7 Å². The van der Waals surface area contributed by atoms with E-state index in [4.69, 9.17) is 9.05 Å². The molecule has 0 saturated heterocycles. The summed E-state index contributed by atoms with van der Waals surface area (Å²) < 4.78 is 17.4. The Labute approximate surface area is 135 Å². The molecule has 0 aromatic heterocycles. The van der Waals surface area contributed by atoms with Crippen molar-refractivity contribution in [2.24, 2.45) is 0 Å². The predicted octanol–water partition coefficient (Wildman–Crippen LogP) is 5.10. The largest absolute Gasteiger partial charge is 0.340 e. The molecule has 0 radical (unpaired) electrons. The predicted molar refractivity (Wildman–Crippen MR) is 97.0 cm³/mol. The first-order chi connectivity index (χ1) is 9.89. The van der Waals surface area contributed by atoms with Crippen LogP contribution in [0.3, 0.4) is 0 Å². The molecule has 0 fully saturated rings. The van der Waals surface area contributed by atoms with Gasteiger partial charge in [-0.15, -0.1) is 0 Å². The van der Waals surface area contributed by atoms with Gasteiger partial charge in [-0.1, -0.05) is 27.7 Å². The molecule has 0 rings (SSSR count). The van der Waals surface area contributed by atoms with Crippen molar-refractivity contribution in [2.45, 2.75) is 67.6 Å². The van der Waals surface area contributed by atoms with Crippen LogP contribution < -0.4 is 0 Å². The van der Waals surface area contributed by atoms with Crippen LogP contribution in [-0.4, -0.2) is 53.6 Å². The second-order valence-corrected chi connectivity index (χ2v) is 9.52. The van der Waals surface area contributed by atoms with Crippen LogP contribution in [0.4, 0.5) is 0 Å². The summed E-state index contributed by atoms with van der Waals surface area (Å²) >= 11 is 0. The second-order valence-electron chi connectivity index (χ2n) is 5.43. The Kier molecular flexibility index (Phi) is 12.6. The van der Waals surface area contributed by atoms with Crippen molar-refractivity contribution in [3.05, 3.63) is 0 Å². The maximum Gasteiger partial charge on any atom is 0.112 e. The van der Waals surface area contributed by atoms with Gasteiger partial charge in [0, 0.05) is 26.2 Å². The van der Waals surface area contributed by atoms with Crippen LogP contribution in [0.2, 0.25) is 0 Å². The fourth-order valence-electron chi connectivity index (χ4n) is 2.05. The summed E-state index contributed by atoms with van der Waals surface area (Å²) in [6, 6.07) is 0. The van der Waals surface area contributed by atoms with Crippen molar-refractivity contribution in [1.29, 1.82) is 0 Å². The van der Waals surface area contributed by atoms with Gasteiger partial charge in [-0.25, -0.2) is 0 Å². The van der Waals surface area contributed by atoms with E-state index in [1.165, 1.54) is 0 Å². The molecule has 4 nitrogen and oxygen atoms in total. The molecule has 2 unspecified atom stereocenters. The molecule has 0 heterocycles. The van der Waals surface area contributed by atoms with Crippen LogP contribution in [0.15, 0.2) is 0 Å². The molecule has 128 valence electrons. The zero-order valence-corrected chi connectivity index (χ0v) is 17.1. The third-order valence-corrected chi connectivity index (χ3v) is 8.66. The number of hydrogen-bond acceptors (Lipinski definition) is 4.